The van der Waals surface area contributed by atoms with Gasteiger partial charge in [0, 0.05) is 6.04 Å². The SMILES string of the molecule is CCc1ccc(CC(N)c2ccc(OC)c(OC)c2)cc1. The molecule has 0 heterocycles. The Balaban J connectivity index is 2.13. The molecule has 3 heteroatoms. The molecule has 112 valence electrons. The van der Waals surface area contributed by atoms with Crippen LogP contribution >= 0.6 is 0 Å². The summed E-state index contributed by atoms with van der Waals surface area (Å²) in [5.74, 6) is 1.44. The van der Waals surface area contributed by atoms with Gasteiger partial charge in [0.2, 0.25) is 0 Å². The number of nitrogens with two attached hydrogens (primary N) is 1. The van der Waals surface area contributed by atoms with E-state index in [1.165, 1.54) is 11.1 Å². The van der Waals surface area contributed by atoms with Crippen LogP contribution in [0.5, 0.6) is 11.5 Å². The van der Waals surface area contributed by atoms with Crippen LogP contribution in [-0.4, -0.2) is 14.2 Å². The summed E-state index contributed by atoms with van der Waals surface area (Å²) in [5.41, 5.74) is 9.96. The van der Waals surface area contributed by atoms with Gasteiger partial charge in [-0.15, -0.1) is 0 Å². The van der Waals surface area contributed by atoms with Crippen molar-refractivity contribution in [1.82, 2.24) is 0 Å². The highest BCUT2D eigenvalue weighted by molar-refractivity contribution is 5.44. The standard InChI is InChI=1S/C18H23NO2/c1-4-13-5-7-14(8-6-13)11-16(19)15-9-10-17(20-2)18(12-15)21-3/h5-10,12,16H,4,11,19H2,1-3H3. The lowest BCUT2D eigenvalue weighted by Crippen LogP contribution is -2.13. The van der Waals surface area contributed by atoms with Crippen LogP contribution in [0, 0.1) is 0 Å². The van der Waals surface area contributed by atoms with E-state index < -0.39 is 0 Å². The average Bonchev–Trinajstić information content (AvgIpc) is 2.54. The highest BCUT2D eigenvalue weighted by Crippen LogP contribution is 2.30. The molecule has 2 aromatic carbocycles. The summed E-state index contributed by atoms with van der Waals surface area (Å²) in [4.78, 5) is 0. The van der Waals surface area contributed by atoms with E-state index in [0.717, 1.165) is 24.2 Å². The van der Waals surface area contributed by atoms with Gasteiger partial charge >= 0.3 is 0 Å². The molecule has 0 fully saturated rings. The fourth-order valence-corrected chi connectivity index (χ4v) is 2.37. The second kappa shape index (κ2) is 7.14. The van der Waals surface area contributed by atoms with Gasteiger partial charge in [0.1, 0.15) is 0 Å². The van der Waals surface area contributed by atoms with E-state index in [1.807, 2.05) is 18.2 Å². The summed E-state index contributed by atoms with van der Waals surface area (Å²) in [7, 11) is 3.27. The zero-order valence-electron chi connectivity index (χ0n) is 12.9. The van der Waals surface area contributed by atoms with Crippen LogP contribution in [0.2, 0.25) is 0 Å². The number of aryl methyl sites for hydroxylation is 1. The molecule has 0 saturated carbocycles. The van der Waals surface area contributed by atoms with Gasteiger partial charge in [-0.1, -0.05) is 37.3 Å². The minimum Gasteiger partial charge on any atom is -0.493 e. The van der Waals surface area contributed by atoms with E-state index >= 15 is 0 Å². The Kier molecular flexibility index (Phi) is 5.23. The van der Waals surface area contributed by atoms with E-state index in [2.05, 4.69) is 31.2 Å². The van der Waals surface area contributed by atoms with Crippen molar-refractivity contribution in [3.63, 3.8) is 0 Å². The third kappa shape index (κ3) is 3.76. The molecule has 0 radical (unpaired) electrons. The first kappa shape index (κ1) is 15.4. The average molecular weight is 285 g/mol. The Hall–Kier alpha value is -2.00. The lowest BCUT2D eigenvalue weighted by Gasteiger charge is -2.15. The normalized spacial score (nSPS) is 12.0. The molecular formula is C18H23NO2. The number of methoxy groups -OCH3 is 2. The third-order valence-corrected chi connectivity index (χ3v) is 3.72. The molecular weight excluding hydrogens is 262 g/mol. The van der Waals surface area contributed by atoms with Crippen LogP contribution in [-0.2, 0) is 12.8 Å². The van der Waals surface area contributed by atoms with Crippen molar-refractivity contribution in [3.8, 4) is 11.5 Å². The minimum absolute atomic E-state index is 0.0581. The highest BCUT2D eigenvalue weighted by atomic mass is 16.5. The van der Waals surface area contributed by atoms with E-state index in [-0.39, 0.29) is 6.04 Å². The molecule has 1 unspecified atom stereocenters. The molecule has 3 nitrogen and oxygen atoms in total. The van der Waals surface area contributed by atoms with Crippen molar-refractivity contribution in [2.75, 3.05) is 14.2 Å². The summed E-state index contributed by atoms with van der Waals surface area (Å²) in [6, 6.07) is 14.4. The van der Waals surface area contributed by atoms with Gasteiger partial charge in [-0.2, -0.15) is 0 Å². The summed E-state index contributed by atoms with van der Waals surface area (Å²) in [5, 5.41) is 0. The van der Waals surface area contributed by atoms with Crippen LogP contribution in [0.1, 0.15) is 29.7 Å². The molecule has 0 aromatic heterocycles. The van der Waals surface area contributed by atoms with Crippen LogP contribution in [0.4, 0.5) is 0 Å². The Morgan fingerprint density at radius 1 is 0.905 bits per heavy atom. The molecule has 0 bridgehead atoms. The van der Waals surface area contributed by atoms with Crippen LogP contribution in [0.3, 0.4) is 0 Å². The predicted molar refractivity (Wildman–Crippen MR) is 86.0 cm³/mol. The number of ether oxygens (including phenoxy) is 2. The number of benzene rings is 2. The van der Waals surface area contributed by atoms with Crippen molar-refractivity contribution in [3.05, 3.63) is 59.2 Å². The predicted octanol–water partition coefficient (Wildman–Crippen LogP) is 3.51. The number of hydrogen-bond donors (Lipinski definition) is 1. The van der Waals surface area contributed by atoms with Crippen molar-refractivity contribution in [2.24, 2.45) is 5.73 Å². The van der Waals surface area contributed by atoms with Crippen molar-refractivity contribution in [1.29, 1.82) is 0 Å². The highest BCUT2D eigenvalue weighted by Gasteiger charge is 2.11. The Bertz CT molecular complexity index is 578. The molecule has 0 aliphatic heterocycles. The van der Waals surface area contributed by atoms with Gasteiger partial charge < -0.3 is 15.2 Å². The number of rotatable bonds is 6. The molecule has 21 heavy (non-hydrogen) atoms. The van der Waals surface area contributed by atoms with E-state index in [9.17, 15) is 0 Å². The minimum atomic E-state index is -0.0581. The number of hydrogen-bond acceptors (Lipinski definition) is 3. The fourth-order valence-electron chi connectivity index (χ4n) is 2.37. The molecule has 0 spiro atoms. The second-order valence-corrected chi connectivity index (χ2v) is 5.10. The first-order valence-electron chi connectivity index (χ1n) is 7.23. The molecule has 2 aromatic rings. The van der Waals surface area contributed by atoms with Gasteiger partial charge in [-0.05, 0) is 41.7 Å². The van der Waals surface area contributed by atoms with E-state index in [1.54, 1.807) is 14.2 Å². The Labute approximate surface area is 126 Å². The lowest BCUT2D eigenvalue weighted by atomic mass is 9.98. The summed E-state index contributed by atoms with van der Waals surface area (Å²) in [6.45, 7) is 2.16. The maximum absolute atomic E-state index is 6.32. The summed E-state index contributed by atoms with van der Waals surface area (Å²) < 4.78 is 10.6. The molecule has 0 amide bonds. The third-order valence-electron chi connectivity index (χ3n) is 3.72. The van der Waals surface area contributed by atoms with Gasteiger partial charge in [-0.3, -0.25) is 0 Å². The maximum atomic E-state index is 6.32. The van der Waals surface area contributed by atoms with Crippen LogP contribution in [0.15, 0.2) is 42.5 Å². The molecule has 2 rings (SSSR count). The van der Waals surface area contributed by atoms with Crippen LogP contribution in [0.25, 0.3) is 0 Å². The van der Waals surface area contributed by atoms with Gasteiger partial charge in [0.15, 0.2) is 11.5 Å². The van der Waals surface area contributed by atoms with Crippen molar-refractivity contribution < 1.29 is 9.47 Å². The largest absolute Gasteiger partial charge is 0.493 e. The van der Waals surface area contributed by atoms with Gasteiger partial charge in [0.05, 0.1) is 14.2 Å². The molecule has 0 saturated heterocycles. The summed E-state index contributed by atoms with van der Waals surface area (Å²) >= 11 is 0. The van der Waals surface area contributed by atoms with Crippen molar-refractivity contribution in [2.45, 2.75) is 25.8 Å². The lowest BCUT2D eigenvalue weighted by molar-refractivity contribution is 0.354. The zero-order valence-corrected chi connectivity index (χ0v) is 12.9. The second-order valence-electron chi connectivity index (χ2n) is 5.10. The van der Waals surface area contributed by atoms with E-state index in [0.29, 0.717) is 5.75 Å². The van der Waals surface area contributed by atoms with Gasteiger partial charge in [-0.25, -0.2) is 0 Å². The Morgan fingerprint density at radius 3 is 2.10 bits per heavy atom. The van der Waals surface area contributed by atoms with Gasteiger partial charge in [0.25, 0.3) is 0 Å². The monoisotopic (exact) mass is 285 g/mol. The topological polar surface area (TPSA) is 44.5 Å². The maximum Gasteiger partial charge on any atom is 0.161 e. The van der Waals surface area contributed by atoms with E-state index in [4.69, 9.17) is 15.2 Å². The molecule has 1 atom stereocenters. The Morgan fingerprint density at radius 2 is 1.52 bits per heavy atom. The van der Waals surface area contributed by atoms with Crippen LogP contribution < -0.4 is 15.2 Å². The summed E-state index contributed by atoms with van der Waals surface area (Å²) in [6.07, 6.45) is 1.86. The smallest absolute Gasteiger partial charge is 0.161 e. The molecule has 2 N–H and O–H groups in total. The zero-order chi connectivity index (χ0) is 15.2. The first-order valence-corrected chi connectivity index (χ1v) is 7.23. The fraction of sp³-hybridized carbons (Fsp3) is 0.333. The molecule has 0 aliphatic carbocycles. The van der Waals surface area contributed by atoms with Crippen molar-refractivity contribution >= 4 is 0 Å². The first-order chi connectivity index (χ1) is 10.2. The molecule has 0 aliphatic rings. The quantitative estimate of drug-likeness (QED) is 0.883.